The summed E-state index contributed by atoms with van der Waals surface area (Å²) in [7, 11) is 2.06. The predicted molar refractivity (Wildman–Crippen MR) is 136 cm³/mol. The zero-order valence-electron chi connectivity index (χ0n) is 20.0. The molecule has 5 rings (SSSR count). The monoisotopic (exact) mass is 451 g/mol. The van der Waals surface area contributed by atoms with Crippen molar-refractivity contribution in [3.63, 3.8) is 0 Å². The van der Waals surface area contributed by atoms with E-state index < -0.39 is 0 Å². The lowest BCUT2D eigenvalue weighted by atomic mass is 9.93. The van der Waals surface area contributed by atoms with E-state index in [2.05, 4.69) is 41.2 Å². The highest BCUT2D eigenvalue weighted by Gasteiger charge is 2.41. The number of rotatable bonds is 4. The molecular weight excluding hydrogens is 422 g/mol. The average molecular weight is 452 g/mol. The van der Waals surface area contributed by atoms with Gasteiger partial charge in [-0.2, -0.15) is 0 Å². The largest absolute Gasteiger partial charge is 0.350 e. The molecular formula is C29H29N3O2. The van der Waals surface area contributed by atoms with Crippen molar-refractivity contribution >= 4 is 22.7 Å². The van der Waals surface area contributed by atoms with Crippen LogP contribution in [0.15, 0.2) is 78.9 Å². The van der Waals surface area contributed by atoms with Crippen LogP contribution in [0.25, 0.3) is 22.2 Å². The zero-order valence-corrected chi connectivity index (χ0v) is 20.0. The highest BCUT2D eigenvalue weighted by atomic mass is 16.2. The van der Waals surface area contributed by atoms with Gasteiger partial charge in [0.25, 0.3) is 5.91 Å². The van der Waals surface area contributed by atoms with Gasteiger partial charge in [0.15, 0.2) is 0 Å². The van der Waals surface area contributed by atoms with E-state index in [0.717, 1.165) is 33.3 Å². The molecule has 0 saturated heterocycles. The van der Waals surface area contributed by atoms with Crippen molar-refractivity contribution in [2.24, 2.45) is 7.05 Å². The first-order valence-electron chi connectivity index (χ1n) is 11.6. The minimum atomic E-state index is -0.378. The second kappa shape index (κ2) is 8.17. The van der Waals surface area contributed by atoms with Gasteiger partial charge in [-0.25, -0.2) is 0 Å². The average Bonchev–Trinajstić information content (AvgIpc) is 3.24. The van der Waals surface area contributed by atoms with Crippen molar-refractivity contribution in [3.8, 4) is 11.3 Å². The van der Waals surface area contributed by atoms with E-state index in [0.29, 0.717) is 5.56 Å². The Labute approximate surface area is 200 Å². The van der Waals surface area contributed by atoms with Gasteiger partial charge in [-0.1, -0.05) is 66.7 Å². The topological polar surface area (TPSA) is 54.3 Å². The van der Waals surface area contributed by atoms with Crippen LogP contribution in [-0.2, 0) is 11.8 Å². The summed E-state index contributed by atoms with van der Waals surface area (Å²) in [5.74, 6) is -0.281. The van der Waals surface area contributed by atoms with Crippen LogP contribution in [0.4, 0.5) is 0 Å². The molecule has 1 aromatic heterocycles. The number of nitrogens with one attached hydrogen (secondary N) is 1. The number of hydrogen-bond acceptors (Lipinski definition) is 2. The number of carbonyl (C=O) groups excluding carboxylic acids is 2. The minimum Gasteiger partial charge on any atom is -0.350 e. The first-order valence-corrected chi connectivity index (χ1v) is 11.6. The lowest BCUT2D eigenvalue weighted by Crippen LogP contribution is -2.46. The van der Waals surface area contributed by atoms with Gasteiger partial charge in [0.2, 0.25) is 5.91 Å². The first kappa shape index (κ1) is 22.0. The van der Waals surface area contributed by atoms with Crippen LogP contribution < -0.4 is 5.32 Å². The van der Waals surface area contributed by atoms with Gasteiger partial charge in [0.05, 0.1) is 11.7 Å². The van der Waals surface area contributed by atoms with Crippen LogP contribution in [-0.4, -0.2) is 33.4 Å². The van der Waals surface area contributed by atoms with Crippen molar-refractivity contribution in [1.82, 2.24) is 14.8 Å². The van der Waals surface area contributed by atoms with Gasteiger partial charge in [-0.3, -0.25) is 9.59 Å². The number of nitrogens with zero attached hydrogens (tertiary/aromatic N) is 2. The summed E-state index contributed by atoms with van der Waals surface area (Å²) in [5, 5.41) is 4.10. The molecule has 3 aromatic carbocycles. The highest BCUT2D eigenvalue weighted by molar-refractivity contribution is 6.03. The third-order valence-corrected chi connectivity index (χ3v) is 6.35. The molecule has 1 atom stereocenters. The predicted octanol–water partition coefficient (Wildman–Crippen LogP) is 5.31. The van der Waals surface area contributed by atoms with Crippen molar-refractivity contribution in [2.75, 3.05) is 6.54 Å². The quantitative estimate of drug-likeness (QED) is 0.457. The molecule has 1 aliphatic rings. The number of aryl methyl sites for hydroxylation is 1. The summed E-state index contributed by atoms with van der Waals surface area (Å²) in [6, 6.07) is 25.9. The Hall–Kier alpha value is -3.86. The van der Waals surface area contributed by atoms with Crippen LogP contribution in [0.3, 0.4) is 0 Å². The van der Waals surface area contributed by atoms with Gasteiger partial charge in [-0.05, 0) is 44.0 Å². The lowest BCUT2D eigenvalue weighted by Gasteiger charge is -2.28. The van der Waals surface area contributed by atoms with Crippen molar-refractivity contribution in [3.05, 3.63) is 95.6 Å². The number of para-hydroxylation sites is 1. The van der Waals surface area contributed by atoms with Crippen LogP contribution >= 0.6 is 0 Å². The van der Waals surface area contributed by atoms with E-state index in [1.54, 1.807) is 4.90 Å². The molecule has 2 heterocycles. The fraction of sp³-hybridized carbons (Fsp3) is 0.241. The minimum absolute atomic E-state index is 0.00704. The lowest BCUT2D eigenvalue weighted by molar-refractivity contribution is -0.123. The first-order chi connectivity index (χ1) is 16.3. The maximum Gasteiger partial charge on any atom is 0.255 e. The van der Waals surface area contributed by atoms with Crippen molar-refractivity contribution in [1.29, 1.82) is 0 Å². The Morgan fingerprint density at radius 3 is 2.29 bits per heavy atom. The SMILES string of the molecule is Cn1c(-c2ccccc2)c([C@H]2c3ccccc3C(=O)N2CC(=O)NC(C)(C)C)c2ccccc21. The molecule has 0 saturated carbocycles. The van der Waals surface area contributed by atoms with E-state index in [1.807, 2.05) is 75.4 Å². The van der Waals surface area contributed by atoms with Gasteiger partial charge in [-0.15, -0.1) is 0 Å². The van der Waals surface area contributed by atoms with Gasteiger partial charge in [0.1, 0.15) is 6.54 Å². The number of benzene rings is 3. The Bertz CT molecular complexity index is 1400. The van der Waals surface area contributed by atoms with Gasteiger partial charge >= 0.3 is 0 Å². The Kier molecular flexibility index (Phi) is 5.28. The molecule has 1 aliphatic heterocycles. The Balaban J connectivity index is 1.74. The summed E-state index contributed by atoms with van der Waals surface area (Å²) in [5.41, 5.74) is 5.48. The Morgan fingerprint density at radius 1 is 0.912 bits per heavy atom. The van der Waals surface area contributed by atoms with Gasteiger partial charge in [0, 0.05) is 34.6 Å². The molecule has 1 N–H and O–H groups in total. The third kappa shape index (κ3) is 3.67. The van der Waals surface area contributed by atoms with E-state index in [9.17, 15) is 9.59 Å². The van der Waals surface area contributed by atoms with Crippen molar-refractivity contribution < 1.29 is 9.59 Å². The summed E-state index contributed by atoms with van der Waals surface area (Å²) >= 11 is 0. The summed E-state index contributed by atoms with van der Waals surface area (Å²) < 4.78 is 2.19. The number of fused-ring (bicyclic) bond motifs is 2. The maximum atomic E-state index is 13.6. The standard InChI is InChI=1S/C29H29N3O2/c1-29(2,3)30-24(33)18-32-27(20-14-8-9-15-21(20)28(32)34)25-22-16-10-11-17-23(22)31(4)26(25)19-12-6-5-7-13-19/h5-17,27H,18H2,1-4H3,(H,30,33)/t27-/m1/s1. The number of aromatic nitrogens is 1. The van der Waals surface area contributed by atoms with E-state index in [1.165, 1.54) is 0 Å². The molecule has 5 heteroatoms. The molecule has 34 heavy (non-hydrogen) atoms. The summed E-state index contributed by atoms with van der Waals surface area (Å²) in [6.07, 6.45) is 0. The van der Waals surface area contributed by atoms with E-state index >= 15 is 0 Å². The fourth-order valence-electron chi connectivity index (χ4n) is 5.10. The number of hydrogen-bond donors (Lipinski definition) is 1. The summed E-state index contributed by atoms with van der Waals surface area (Å²) in [4.78, 5) is 28.3. The van der Waals surface area contributed by atoms with Crippen LogP contribution in [0.5, 0.6) is 0 Å². The molecule has 0 spiro atoms. The van der Waals surface area contributed by atoms with Crippen LogP contribution in [0.1, 0.15) is 48.3 Å². The smallest absolute Gasteiger partial charge is 0.255 e. The second-order valence-corrected chi connectivity index (χ2v) is 9.93. The van der Waals surface area contributed by atoms with E-state index in [4.69, 9.17) is 0 Å². The second-order valence-electron chi connectivity index (χ2n) is 9.93. The number of carbonyl (C=O) groups is 2. The Morgan fingerprint density at radius 2 is 1.56 bits per heavy atom. The molecule has 0 unspecified atom stereocenters. The van der Waals surface area contributed by atoms with Crippen molar-refractivity contribution in [2.45, 2.75) is 32.4 Å². The molecule has 0 bridgehead atoms. The molecule has 172 valence electrons. The molecule has 4 aromatic rings. The third-order valence-electron chi connectivity index (χ3n) is 6.35. The highest BCUT2D eigenvalue weighted by Crippen LogP contribution is 2.46. The molecule has 5 nitrogen and oxygen atoms in total. The van der Waals surface area contributed by atoms with Crippen LogP contribution in [0, 0.1) is 0 Å². The zero-order chi connectivity index (χ0) is 24.0. The molecule has 2 amide bonds. The molecule has 0 radical (unpaired) electrons. The summed E-state index contributed by atoms with van der Waals surface area (Å²) in [6.45, 7) is 5.83. The molecule has 0 aliphatic carbocycles. The van der Waals surface area contributed by atoms with Gasteiger partial charge < -0.3 is 14.8 Å². The van der Waals surface area contributed by atoms with Crippen LogP contribution in [0.2, 0.25) is 0 Å². The number of amides is 2. The van der Waals surface area contributed by atoms with E-state index in [-0.39, 0.29) is 29.9 Å². The fourth-order valence-corrected chi connectivity index (χ4v) is 5.10. The normalized spacial score (nSPS) is 15.6. The molecule has 0 fully saturated rings. The maximum absolute atomic E-state index is 13.6.